The van der Waals surface area contributed by atoms with Crippen molar-refractivity contribution in [3.63, 3.8) is 0 Å². The first-order valence-electron chi connectivity index (χ1n) is 6.64. The molecular weight excluding hydrogens is 289 g/mol. The summed E-state index contributed by atoms with van der Waals surface area (Å²) < 4.78 is 37.9. The molecule has 4 heteroatoms. The van der Waals surface area contributed by atoms with Crippen molar-refractivity contribution in [3.8, 4) is 11.1 Å². The minimum absolute atomic E-state index is 0.567. The van der Waals surface area contributed by atoms with Gasteiger partial charge in [-0.1, -0.05) is 42.5 Å². The number of hydrogen-bond donors (Lipinski definition) is 0. The number of carbonyl (C=O) groups excluding carboxylic acids is 1. The second kappa shape index (κ2) is 5.30. The molecule has 3 aromatic rings. The van der Waals surface area contributed by atoms with Crippen LogP contribution in [0.5, 0.6) is 0 Å². The van der Waals surface area contributed by atoms with Crippen LogP contribution < -0.4 is 0 Å². The zero-order chi connectivity index (χ0) is 15.7. The lowest BCUT2D eigenvalue weighted by atomic mass is 9.96. The minimum atomic E-state index is -4.34. The van der Waals surface area contributed by atoms with Gasteiger partial charge in [0.1, 0.15) is 6.29 Å². The highest BCUT2D eigenvalue weighted by Crippen LogP contribution is 2.33. The Balaban J connectivity index is 2.12. The molecule has 22 heavy (non-hydrogen) atoms. The molecule has 0 N–H and O–H groups in total. The van der Waals surface area contributed by atoms with E-state index in [9.17, 15) is 18.0 Å². The predicted molar refractivity (Wildman–Crippen MR) is 79.8 cm³/mol. The van der Waals surface area contributed by atoms with E-state index in [0.29, 0.717) is 11.1 Å². The van der Waals surface area contributed by atoms with Crippen LogP contribution in [0.25, 0.3) is 21.9 Å². The highest BCUT2D eigenvalue weighted by molar-refractivity contribution is 5.98. The number of aldehydes is 1. The van der Waals surface area contributed by atoms with Gasteiger partial charge < -0.3 is 0 Å². The van der Waals surface area contributed by atoms with Crippen LogP contribution in [0, 0.1) is 0 Å². The third-order valence-corrected chi connectivity index (χ3v) is 3.56. The van der Waals surface area contributed by atoms with Gasteiger partial charge in [-0.3, -0.25) is 4.79 Å². The molecule has 0 atom stereocenters. The first-order chi connectivity index (χ1) is 10.5. The van der Waals surface area contributed by atoms with Gasteiger partial charge in [0.25, 0.3) is 0 Å². The van der Waals surface area contributed by atoms with Crippen LogP contribution in [-0.2, 0) is 6.18 Å². The highest BCUT2D eigenvalue weighted by Gasteiger charge is 2.29. The molecule has 1 nitrogen and oxygen atoms in total. The number of benzene rings is 3. The van der Waals surface area contributed by atoms with E-state index in [0.717, 1.165) is 34.8 Å². The molecule has 0 aromatic heterocycles. The molecule has 0 bridgehead atoms. The van der Waals surface area contributed by atoms with E-state index in [-0.39, 0.29) is 0 Å². The molecule has 0 radical (unpaired) electrons. The Bertz CT molecular complexity index is 833. The molecule has 0 aliphatic heterocycles. The highest BCUT2D eigenvalue weighted by atomic mass is 19.4. The van der Waals surface area contributed by atoms with E-state index in [1.807, 2.05) is 24.3 Å². The van der Waals surface area contributed by atoms with Crippen molar-refractivity contribution < 1.29 is 18.0 Å². The molecule has 0 saturated heterocycles. The van der Waals surface area contributed by atoms with Gasteiger partial charge in [0.05, 0.1) is 5.56 Å². The monoisotopic (exact) mass is 300 g/mol. The molecule has 0 aliphatic rings. The number of halogens is 3. The third kappa shape index (κ3) is 2.60. The summed E-state index contributed by atoms with van der Waals surface area (Å²) in [6.07, 6.45) is -3.57. The Morgan fingerprint density at radius 2 is 1.59 bits per heavy atom. The van der Waals surface area contributed by atoms with E-state index in [4.69, 9.17) is 0 Å². The normalized spacial score (nSPS) is 11.6. The van der Waals surface area contributed by atoms with E-state index in [1.54, 1.807) is 12.1 Å². The fraction of sp³-hybridized carbons (Fsp3) is 0.0556. The average molecular weight is 300 g/mol. The summed E-state index contributed by atoms with van der Waals surface area (Å²) in [6, 6.07) is 15.9. The van der Waals surface area contributed by atoms with Crippen LogP contribution in [0.3, 0.4) is 0 Å². The van der Waals surface area contributed by atoms with Gasteiger partial charge in [0, 0.05) is 5.56 Å². The quantitative estimate of drug-likeness (QED) is 0.584. The van der Waals surface area contributed by atoms with Gasteiger partial charge >= 0.3 is 6.18 Å². The first kappa shape index (κ1) is 14.3. The van der Waals surface area contributed by atoms with Crippen LogP contribution in [0.15, 0.2) is 60.7 Å². The Hall–Kier alpha value is -2.62. The maximum absolute atomic E-state index is 12.6. The molecule has 3 aromatic carbocycles. The molecule has 110 valence electrons. The predicted octanol–water partition coefficient (Wildman–Crippen LogP) is 5.34. The molecular formula is C18H11F3O. The van der Waals surface area contributed by atoms with Crippen molar-refractivity contribution in [3.05, 3.63) is 71.8 Å². The van der Waals surface area contributed by atoms with E-state index < -0.39 is 11.7 Å². The zero-order valence-electron chi connectivity index (χ0n) is 11.4. The number of fused-ring (bicyclic) bond motifs is 1. The lowest BCUT2D eigenvalue weighted by molar-refractivity contribution is -0.137. The van der Waals surface area contributed by atoms with Gasteiger partial charge in [-0.05, 0) is 40.1 Å². The van der Waals surface area contributed by atoms with E-state index in [1.165, 1.54) is 12.1 Å². The largest absolute Gasteiger partial charge is 0.416 e. The zero-order valence-corrected chi connectivity index (χ0v) is 11.4. The minimum Gasteiger partial charge on any atom is -0.298 e. The second-order valence-corrected chi connectivity index (χ2v) is 4.98. The molecule has 0 unspecified atom stereocenters. The summed E-state index contributed by atoms with van der Waals surface area (Å²) in [6.45, 7) is 0. The van der Waals surface area contributed by atoms with Gasteiger partial charge in [-0.15, -0.1) is 0 Å². The van der Waals surface area contributed by atoms with Crippen LogP contribution in [0.2, 0.25) is 0 Å². The number of rotatable bonds is 2. The molecule has 0 spiro atoms. The lowest BCUT2D eigenvalue weighted by Crippen LogP contribution is -2.03. The van der Waals surface area contributed by atoms with Crippen LogP contribution in [0.1, 0.15) is 15.9 Å². The Morgan fingerprint density at radius 1 is 0.864 bits per heavy atom. The van der Waals surface area contributed by atoms with Crippen molar-refractivity contribution in [1.82, 2.24) is 0 Å². The molecule has 0 aliphatic carbocycles. The first-order valence-corrected chi connectivity index (χ1v) is 6.64. The Morgan fingerprint density at radius 3 is 2.23 bits per heavy atom. The van der Waals surface area contributed by atoms with Crippen molar-refractivity contribution in [2.24, 2.45) is 0 Å². The third-order valence-electron chi connectivity index (χ3n) is 3.56. The Labute approximate surface area is 125 Å². The molecule has 0 saturated carbocycles. The number of carbonyl (C=O) groups is 1. The van der Waals surface area contributed by atoms with Gasteiger partial charge in [-0.2, -0.15) is 13.2 Å². The van der Waals surface area contributed by atoms with Crippen LogP contribution in [0.4, 0.5) is 13.2 Å². The van der Waals surface area contributed by atoms with Crippen LogP contribution in [-0.4, -0.2) is 6.29 Å². The average Bonchev–Trinajstić information content (AvgIpc) is 2.53. The summed E-state index contributed by atoms with van der Waals surface area (Å²) in [7, 11) is 0. The maximum Gasteiger partial charge on any atom is 0.416 e. The van der Waals surface area contributed by atoms with Crippen molar-refractivity contribution in [1.29, 1.82) is 0 Å². The summed E-state index contributed by atoms with van der Waals surface area (Å²) >= 11 is 0. The summed E-state index contributed by atoms with van der Waals surface area (Å²) in [5, 5.41) is 1.77. The fourth-order valence-corrected chi connectivity index (χ4v) is 2.47. The summed E-state index contributed by atoms with van der Waals surface area (Å²) in [5.41, 5.74) is 1.44. The van der Waals surface area contributed by atoms with Crippen molar-refractivity contribution in [2.75, 3.05) is 0 Å². The lowest BCUT2D eigenvalue weighted by Gasteiger charge is -2.10. The van der Waals surface area contributed by atoms with Crippen LogP contribution >= 0.6 is 0 Å². The van der Waals surface area contributed by atoms with E-state index in [2.05, 4.69) is 0 Å². The molecule has 0 amide bonds. The molecule has 0 heterocycles. The second-order valence-electron chi connectivity index (χ2n) is 4.98. The number of hydrogen-bond acceptors (Lipinski definition) is 1. The van der Waals surface area contributed by atoms with Gasteiger partial charge in [0.2, 0.25) is 0 Å². The standard InChI is InChI=1S/C18H11F3O/c19-18(20,21)15-7-5-13(6-8-15)16-3-1-2-14-10-12(11-22)4-9-17(14)16/h1-11H. The number of alkyl halides is 3. The topological polar surface area (TPSA) is 17.1 Å². The van der Waals surface area contributed by atoms with E-state index >= 15 is 0 Å². The van der Waals surface area contributed by atoms with Crippen molar-refractivity contribution in [2.45, 2.75) is 6.18 Å². The maximum atomic E-state index is 12.6. The summed E-state index contributed by atoms with van der Waals surface area (Å²) in [5.74, 6) is 0. The molecule has 0 fully saturated rings. The van der Waals surface area contributed by atoms with Crippen molar-refractivity contribution >= 4 is 17.1 Å². The summed E-state index contributed by atoms with van der Waals surface area (Å²) in [4.78, 5) is 10.8. The fourth-order valence-electron chi connectivity index (χ4n) is 2.47. The smallest absolute Gasteiger partial charge is 0.298 e. The van der Waals surface area contributed by atoms with Gasteiger partial charge in [-0.25, -0.2) is 0 Å². The SMILES string of the molecule is O=Cc1ccc2c(-c3ccc(C(F)(F)F)cc3)cccc2c1. The van der Waals surface area contributed by atoms with Gasteiger partial charge in [0.15, 0.2) is 0 Å². The Kier molecular flexibility index (Phi) is 3.45. The molecule has 3 rings (SSSR count).